The number of ether oxygens (including phenoxy) is 3. The summed E-state index contributed by atoms with van der Waals surface area (Å²) in [5.74, 6) is 1.08. The summed E-state index contributed by atoms with van der Waals surface area (Å²) in [7, 11) is 0. The Kier molecular flexibility index (Phi) is 9.62. The average Bonchev–Trinajstić information content (AvgIpc) is 2.83. The SMILES string of the molecule is CCCOc1c(Cl)cc(/C=N/NC(=O)c2ccc(OCc3ccccc3)c(OCC)c2)cc1Cl. The summed E-state index contributed by atoms with van der Waals surface area (Å²) in [6.45, 7) is 5.21. The third-order valence-corrected chi connectivity index (χ3v) is 5.16. The van der Waals surface area contributed by atoms with Gasteiger partial charge in [-0.25, -0.2) is 5.43 Å². The molecule has 0 heterocycles. The second-order valence-electron chi connectivity index (χ2n) is 7.23. The fraction of sp³-hybridized carbons (Fsp3) is 0.231. The number of hydrogen-bond acceptors (Lipinski definition) is 5. The van der Waals surface area contributed by atoms with Crippen LogP contribution < -0.4 is 19.6 Å². The van der Waals surface area contributed by atoms with Crippen LogP contribution in [0.5, 0.6) is 17.2 Å². The highest BCUT2D eigenvalue weighted by molar-refractivity contribution is 6.37. The van der Waals surface area contributed by atoms with Crippen LogP contribution in [0.1, 0.15) is 41.8 Å². The summed E-state index contributed by atoms with van der Waals surface area (Å²) in [6.07, 6.45) is 2.30. The van der Waals surface area contributed by atoms with E-state index in [1.165, 1.54) is 6.21 Å². The van der Waals surface area contributed by atoms with E-state index in [0.717, 1.165) is 12.0 Å². The molecule has 0 unspecified atom stereocenters. The van der Waals surface area contributed by atoms with Crippen LogP contribution in [0.25, 0.3) is 0 Å². The number of hydrazone groups is 1. The lowest BCUT2D eigenvalue weighted by atomic mass is 10.2. The van der Waals surface area contributed by atoms with Crippen LogP contribution in [0, 0.1) is 0 Å². The minimum atomic E-state index is -0.396. The van der Waals surface area contributed by atoms with Crippen molar-refractivity contribution in [3.8, 4) is 17.2 Å². The minimum absolute atomic E-state index is 0.376. The molecule has 0 atom stereocenters. The van der Waals surface area contributed by atoms with Gasteiger partial charge in [-0.15, -0.1) is 0 Å². The summed E-state index contributed by atoms with van der Waals surface area (Å²) in [6, 6.07) is 18.1. The topological polar surface area (TPSA) is 69.2 Å². The van der Waals surface area contributed by atoms with E-state index in [4.69, 9.17) is 37.4 Å². The Balaban J connectivity index is 1.66. The first-order valence-corrected chi connectivity index (χ1v) is 11.7. The zero-order valence-corrected chi connectivity index (χ0v) is 20.5. The molecule has 1 amide bonds. The van der Waals surface area contributed by atoms with Crippen molar-refractivity contribution in [2.24, 2.45) is 5.10 Å². The van der Waals surface area contributed by atoms with Crippen molar-refractivity contribution in [3.05, 3.63) is 87.4 Å². The summed E-state index contributed by atoms with van der Waals surface area (Å²) < 4.78 is 17.1. The van der Waals surface area contributed by atoms with Gasteiger partial charge in [-0.3, -0.25) is 4.79 Å². The van der Waals surface area contributed by atoms with E-state index in [1.807, 2.05) is 44.2 Å². The molecule has 0 saturated heterocycles. The lowest BCUT2D eigenvalue weighted by molar-refractivity contribution is 0.0954. The molecule has 8 heteroatoms. The summed E-state index contributed by atoms with van der Waals surface area (Å²) in [5.41, 5.74) is 4.54. The lowest BCUT2D eigenvalue weighted by Gasteiger charge is -2.13. The number of amides is 1. The molecule has 0 fully saturated rings. The quantitative estimate of drug-likeness (QED) is 0.240. The summed E-state index contributed by atoms with van der Waals surface area (Å²) >= 11 is 12.5. The van der Waals surface area contributed by atoms with Crippen LogP contribution in [0.15, 0.2) is 65.8 Å². The van der Waals surface area contributed by atoms with Crippen LogP contribution in [-0.4, -0.2) is 25.3 Å². The van der Waals surface area contributed by atoms with Gasteiger partial charge in [0.2, 0.25) is 0 Å². The Morgan fingerprint density at radius 3 is 2.35 bits per heavy atom. The molecule has 0 radical (unpaired) electrons. The molecule has 3 rings (SSSR count). The maximum absolute atomic E-state index is 12.6. The Morgan fingerprint density at radius 1 is 0.941 bits per heavy atom. The molecule has 34 heavy (non-hydrogen) atoms. The highest BCUT2D eigenvalue weighted by atomic mass is 35.5. The van der Waals surface area contributed by atoms with Crippen LogP contribution in [0.2, 0.25) is 10.0 Å². The maximum Gasteiger partial charge on any atom is 0.271 e. The molecule has 0 bridgehead atoms. The Bertz CT molecular complexity index is 1110. The number of carbonyl (C=O) groups excluding carboxylic acids is 1. The van der Waals surface area contributed by atoms with Crippen molar-refractivity contribution in [1.29, 1.82) is 0 Å². The van der Waals surface area contributed by atoms with Gasteiger partial charge in [0.1, 0.15) is 6.61 Å². The zero-order chi connectivity index (χ0) is 24.3. The molecular formula is C26H26Cl2N2O4. The smallest absolute Gasteiger partial charge is 0.271 e. The van der Waals surface area contributed by atoms with E-state index in [1.54, 1.807) is 30.3 Å². The number of benzene rings is 3. The number of halogens is 2. The predicted octanol–water partition coefficient (Wildman–Crippen LogP) is 6.52. The molecule has 178 valence electrons. The highest BCUT2D eigenvalue weighted by Crippen LogP contribution is 2.34. The second kappa shape index (κ2) is 12.9. The van der Waals surface area contributed by atoms with E-state index >= 15 is 0 Å². The Morgan fingerprint density at radius 2 is 1.68 bits per heavy atom. The van der Waals surface area contributed by atoms with Gasteiger partial charge in [0.15, 0.2) is 17.2 Å². The van der Waals surface area contributed by atoms with Crippen molar-refractivity contribution >= 4 is 35.3 Å². The monoisotopic (exact) mass is 500 g/mol. The molecule has 3 aromatic rings. The van der Waals surface area contributed by atoms with E-state index in [-0.39, 0.29) is 0 Å². The third-order valence-electron chi connectivity index (χ3n) is 4.59. The third kappa shape index (κ3) is 7.14. The van der Waals surface area contributed by atoms with Crippen LogP contribution >= 0.6 is 23.2 Å². The summed E-state index contributed by atoms with van der Waals surface area (Å²) in [5, 5.41) is 4.76. The van der Waals surface area contributed by atoms with Gasteiger partial charge < -0.3 is 14.2 Å². The lowest BCUT2D eigenvalue weighted by Crippen LogP contribution is -2.17. The fourth-order valence-corrected chi connectivity index (χ4v) is 3.61. The number of carbonyl (C=O) groups is 1. The molecule has 0 saturated carbocycles. The maximum atomic E-state index is 12.6. The van der Waals surface area contributed by atoms with Gasteiger partial charge in [-0.2, -0.15) is 5.10 Å². The molecule has 0 aromatic heterocycles. The largest absolute Gasteiger partial charge is 0.490 e. The van der Waals surface area contributed by atoms with Crippen molar-refractivity contribution in [2.75, 3.05) is 13.2 Å². The van der Waals surface area contributed by atoms with Crippen LogP contribution in [0.3, 0.4) is 0 Å². The van der Waals surface area contributed by atoms with Crippen molar-refractivity contribution in [3.63, 3.8) is 0 Å². The van der Waals surface area contributed by atoms with E-state index in [0.29, 0.717) is 58.2 Å². The molecule has 0 aliphatic rings. The Hall–Kier alpha value is -3.22. The fourth-order valence-electron chi connectivity index (χ4n) is 3.00. The van der Waals surface area contributed by atoms with Gasteiger partial charge in [0.25, 0.3) is 5.91 Å². The molecule has 1 N–H and O–H groups in total. The molecular weight excluding hydrogens is 475 g/mol. The van der Waals surface area contributed by atoms with E-state index < -0.39 is 5.91 Å². The minimum Gasteiger partial charge on any atom is -0.490 e. The first-order chi connectivity index (χ1) is 16.5. The molecule has 0 spiro atoms. The number of nitrogens with one attached hydrogen (secondary N) is 1. The van der Waals surface area contributed by atoms with Crippen LogP contribution in [-0.2, 0) is 6.61 Å². The molecule has 6 nitrogen and oxygen atoms in total. The predicted molar refractivity (Wildman–Crippen MR) is 136 cm³/mol. The van der Waals surface area contributed by atoms with Gasteiger partial charge in [0.05, 0.1) is 29.5 Å². The normalized spacial score (nSPS) is 10.8. The van der Waals surface area contributed by atoms with Crippen LogP contribution in [0.4, 0.5) is 0 Å². The van der Waals surface area contributed by atoms with Gasteiger partial charge >= 0.3 is 0 Å². The summed E-state index contributed by atoms with van der Waals surface area (Å²) in [4.78, 5) is 12.6. The van der Waals surface area contributed by atoms with Gasteiger partial charge in [0, 0.05) is 5.56 Å². The van der Waals surface area contributed by atoms with Crippen molar-refractivity contribution in [2.45, 2.75) is 26.9 Å². The standard InChI is InChI=1S/C26H26Cl2N2O4/c1-3-12-33-25-21(27)13-19(14-22(25)28)16-29-30-26(31)20-10-11-23(24(15-20)32-4-2)34-17-18-8-6-5-7-9-18/h5-11,13-16H,3-4,12,17H2,1-2H3,(H,30,31)/b29-16+. The van der Waals surface area contributed by atoms with E-state index in [9.17, 15) is 4.79 Å². The number of nitrogens with zero attached hydrogens (tertiary/aromatic N) is 1. The Labute approximate surface area is 209 Å². The van der Waals surface area contributed by atoms with Gasteiger partial charge in [-0.1, -0.05) is 60.5 Å². The highest BCUT2D eigenvalue weighted by Gasteiger charge is 2.12. The van der Waals surface area contributed by atoms with Crippen molar-refractivity contribution < 1.29 is 19.0 Å². The first kappa shape index (κ1) is 25.4. The second-order valence-corrected chi connectivity index (χ2v) is 8.04. The van der Waals surface area contributed by atoms with E-state index in [2.05, 4.69) is 10.5 Å². The molecule has 0 aliphatic carbocycles. The zero-order valence-electron chi connectivity index (χ0n) is 19.0. The number of hydrogen-bond donors (Lipinski definition) is 1. The average molecular weight is 501 g/mol. The number of rotatable bonds is 11. The molecule has 0 aliphatic heterocycles. The first-order valence-electron chi connectivity index (χ1n) is 10.9. The van der Waals surface area contributed by atoms with Crippen molar-refractivity contribution in [1.82, 2.24) is 5.43 Å². The van der Waals surface area contributed by atoms with Gasteiger partial charge in [-0.05, 0) is 54.8 Å². The molecule has 3 aromatic carbocycles.